The van der Waals surface area contributed by atoms with Crippen molar-refractivity contribution in [3.8, 4) is 11.5 Å². The maximum Gasteiger partial charge on any atom is 0.231 e. The van der Waals surface area contributed by atoms with Crippen molar-refractivity contribution in [1.82, 2.24) is 9.97 Å². The van der Waals surface area contributed by atoms with Crippen molar-refractivity contribution in [1.29, 1.82) is 0 Å². The number of nitrogens with one attached hydrogen (secondary N) is 2. The summed E-state index contributed by atoms with van der Waals surface area (Å²) in [5.41, 5.74) is 2.18. The molecule has 3 aromatic rings. The van der Waals surface area contributed by atoms with Crippen LogP contribution < -0.4 is 25.0 Å². The number of amides is 1. The van der Waals surface area contributed by atoms with E-state index in [0.717, 1.165) is 11.4 Å². The topological polar surface area (TPSA) is 88.6 Å². The zero-order chi connectivity index (χ0) is 20.4. The van der Waals surface area contributed by atoms with Gasteiger partial charge in [0.05, 0.1) is 5.02 Å². The fourth-order valence-electron chi connectivity index (χ4n) is 2.76. The predicted octanol–water partition coefficient (Wildman–Crippen LogP) is 4.33. The number of carbonyl (C=O) groups is 1. The third-order valence-electron chi connectivity index (χ3n) is 4.38. The summed E-state index contributed by atoms with van der Waals surface area (Å²) in [6.45, 7) is 1.67. The number of ether oxygens (including phenoxy) is 2. The number of hydrogen-bond donors (Lipinski definition) is 2. The first-order valence-corrected chi connectivity index (χ1v) is 9.18. The highest BCUT2D eigenvalue weighted by atomic mass is 35.5. The zero-order valence-corrected chi connectivity index (χ0v) is 16.5. The molecular formula is C20H18ClN5O3. The lowest BCUT2D eigenvalue weighted by molar-refractivity contribution is -0.116. The molecule has 0 aliphatic carbocycles. The molecule has 2 aromatic carbocycles. The average Bonchev–Trinajstić information content (AvgIpc) is 3.19. The normalized spacial score (nSPS) is 11.8. The highest BCUT2D eigenvalue weighted by Crippen LogP contribution is 2.44. The molecule has 1 aliphatic heterocycles. The molecule has 2 N–H and O–H groups in total. The number of anilines is 5. The Balaban J connectivity index is 1.52. The minimum absolute atomic E-state index is 0.0340. The monoisotopic (exact) mass is 411 g/mol. The predicted molar refractivity (Wildman–Crippen MR) is 112 cm³/mol. The van der Waals surface area contributed by atoms with Gasteiger partial charge >= 0.3 is 0 Å². The van der Waals surface area contributed by atoms with Gasteiger partial charge in [-0.3, -0.25) is 4.79 Å². The van der Waals surface area contributed by atoms with Crippen molar-refractivity contribution in [3.05, 3.63) is 53.7 Å². The smallest absolute Gasteiger partial charge is 0.231 e. The van der Waals surface area contributed by atoms with Crippen LogP contribution in [-0.2, 0) is 4.79 Å². The SMILES string of the molecule is CC(=O)N(C)c1ccc(Nc2nccc(Nc3c(Cl)ccc4c3OCO4)n2)cc1. The number of nitrogens with zero attached hydrogens (tertiary/aromatic N) is 3. The number of hydrogen-bond acceptors (Lipinski definition) is 7. The van der Waals surface area contributed by atoms with Gasteiger partial charge in [-0.25, -0.2) is 4.98 Å². The molecule has 1 aliphatic rings. The first-order chi connectivity index (χ1) is 14.0. The van der Waals surface area contributed by atoms with Crippen molar-refractivity contribution in [2.24, 2.45) is 0 Å². The molecule has 2 heterocycles. The molecule has 0 spiro atoms. The van der Waals surface area contributed by atoms with Gasteiger partial charge in [-0.2, -0.15) is 4.98 Å². The fourth-order valence-corrected chi connectivity index (χ4v) is 2.96. The number of carbonyl (C=O) groups excluding carboxylic acids is 1. The maximum atomic E-state index is 11.5. The van der Waals surface area contributed by atoms with E-state index < -0.39 is 0 Å². The molecule has 0 unspecified atom stereocenters. The van der Waals surface area contributed by atoms with Crippen molar-refractivity contribution in [3.63, 3.8) is 0 Å². The Kier molecular flexibility index (Phi) is 5.09. The summed E-state index contributed by atoms with van der Waals surface area (Å²) in [6, 6.07) is 12.6. The van der Waals surface area contributed by atoms with E-state index in [1.165, 1.54) is 6.92 Å². The number of aromatic nitrogens is 2. The van der Waals surface area contributed by atoms with E-state index in [2.05, 4.69) is 20.6 Å². The Morgan fingerprint density at radius 2 is 1.90 bits per heavy atom. The van der Waals surface area contributed by atoms with Gasteiger partial charge in [0.15, 0.2) is 11.5 Å². The van der Waals surface area contributed by atoms with Gasteiger partial charge in [0.1, 0.15) is 11.5 Å². The molecule has 0 saturated carbocycles. The molecule has 29 heavy (non-hydrogen) atoms. The summed E-state index contributed by atoms with van der Waals surface area (Å²) in [7, 11) is 1.73. The molecule has 1 amide bonds. The van der Waals surface area contributed by atoms with E-state index in [1.54, 1.807) is 36.3 Å². The van der Waals surface area contributed by atoms with E-state index in [0.29, 0.717) is 34.0 Å². The first-order valence-electron chi connectivity index (χ1n) is 8.81. The van der Waals surface area contributed by atoms with Gasteiger partial charge in [0.2, 0.25) is 18.6 Å². The van der Waals surface area contributed by atoms with Crippen molar-refractivity contribution < 1.29 is 14.3 Å². The zero-order valence-electron chi connectivity index (χ0n) is 15.8. The number of rotatable bonds is 5. The standard InChI is InChI=1S/C20H18ClN5O3/c1-12(27)26(2)14-5-3-13(4-6-14)23-20-22-10-9-17(25-20)24-18-15(21)7-8-16-19(18)29-11-28-16/h3-10H,11H2,1-2H3,(H2,22,23,24,25). The van der Waals surface area contributed by atoms with Crippen LogP contribution in [0.5, 0.6) is 11.5 Å². The van der Waals surface area contributed by atoms with Crippen LogP contribution in [0.25, 0.3) is 0 Å². The summed E-state index contributed by atoms with van der Waals surface area (Å²) in [6.07, 6.45) is 1.63. The van der Waals surface area contributed by atoms with E-state index in [9.17, 15) is 4.79 Å². The second kappa shape index (κ2) is 7.84. The molecule has 0 radical (unpaired) electrons. The van der Waals surface area contributed by atoms with E-state index in [4.69, 9.17) is 21.1 Å². The van der Waals surface area contributed by atoms with Gasteiger partial charge in [-0.15, -0.1) is 0 Å². The van der Waals surface area contributed by atoms with Crippen LogP contribution >= 0.6 is 11.6 Å². The molecule has 4 rings (SSSR count). The van der Waals surface area contributed by atoms with Gasteiger partial charge < -0.3 is 25.0 Å². The van der Waals surface area contributed by atoms with Crippen LogP contribution in [0.4, 0.5) is 28.8 Å². The summed E-state index contributed by atoms with van der Waals surface area (Å²) < 4.78 is 10.9. The largest absolute Gasteiger partial charge is 0.454 e. The summed E-state index contributed by atoms with van der Waals surface area (Å²) in [4.78, 5) is 21.7. The van der Waals surface area contributed by atoms with Crippen LogP contribution in [0, 0.1) is 0 Å². The van der Waals surface area contributed by atoms with Crippen molar-refractivity contribution >= 4 is 46.3 Å². The second-order valence-corrected chi connectivity index (χ2v) is 6.70. The van der Waals surface area contributed by atoms with Crippen molar-refractivity contribution in [2.45, 2.75) is 6.92 Å². The molecule has 1 aromatic heterocycles. The first kappa shape index (κ1) is 18.8. The highest BCUT2D eigenvalue weighted by Gasteiger charge is 2.21. The Labute approximate surface area is 172 Å². The van der Waals surface area contributed by atoms with E-state index in [1.807, 2.05) is 24.3 Å². The lowest BCUT2D eigenvalue weighted by atomic mass is 10.2. The molecule has 0 fully saturated rings. The summed E-state index contributed by atoms with van der Waals surface area (Å²) >= 11 is 6.30. The molecule has 8 nitrogen and oxygen atoms in total. The second-order valence-electron chi connectivity index (χ2n) is 6.30. The fraction of sp³-hybridized carbons (Fsp3) is 0.150. The molecule has 0 bridgehead atoms. The highest BCUT2D eigenvalue weighted by molar-refractivity contribution is 6.33. The van der Waals surface area contributed by atoms with E-state index >= 15 is 0 Å². The molecule has 9 heteroatoms. The minimum atomic E-state index is -0.0340. The number of fused-ring (bicyclic) bond motifs is 1. The van der Waals surface area contributed by atoms with Crippen LogP contribution in [0.15, 0.2) is 48.7 Å². The van der Waals surface area contributed by atoms with Gasteiger partial charge in [-0.1, -0.05) is 11.6 Å². The third kappa shape index (κ3) is 4.02. The molecule has 0 atom stereocenters. The minimum Gasteiger partial charge on any atom is -0.454 e. The van der Waals surface area contributed by atoms with Gasteiger partial charge in [0, 0.05) is 31.5 Å². The average molecular weight is 412 g/mol. The molecule has 148 valence electrons. The molecule has 0 saturated heterocycles. The lowest BCUT2D eigenvalue weighted by Crippen LogP contribution is -2.22. The van der Waals surface area contributed by atoms with E-state index in [-0.39, 0.29) is 12.7 Å². The Morgan fingerprint density at radius 1 is 1.10 bits per heavy atom. The Bertz CT molecular complexity index is 1060. The van der Waals surface area contributed by atoms with Crippen LogP contribution in [0.3, 0.4) is 0 Å². The maximum absolute atomic E-state index is 11.5. The number of benzene rings is 2. The summed E-state index contributed by atoms with van der Waals surface area (Å²) in [5, 5.41) is 6.79. The van der Waals surface area contributed by atoms with Crippen molar-refractivity contribution in [2.75, 3.05) is 29.4 Å². The Morgan fingerprint density at radius 3 is 2.66 bits per heavy atom. The van der Waals surface area contributed by atoms with Gasteiger partial charge in [0.25, 0.3) is 0 Å². The van der Waals surface area contributed by atoms with Crippen LogP contribution in [0.1, 0.15) is 6.92 Å². The van der Waals surface area contributed by atoms with Gasteiger partial charge in [-0.05, 0) is 42.5 Å². The lowest BCUT2D eigenvalue weighted by Gasteiger charge is -2.15. The third-order valence-corrected chi connectivity index (χ3v) is 4.70. The summed E-state index contributed by atoms with van der Waals surface area (Å²) in [5.74, 6) is 2.09. The molecular weight excluding hydrogens is 394 g/mol. The quantitative estimate of drug-likeness (QED) is 0.646. The number of halogens is 1. The van der Waals surface area contributed by atoms with Crippen LogP contribution in [-0.4, -0.2) is 29.7 Å². The Hall–Kier alpha value is -3.52. The van der Waals surface area contributed by atoms with Crippen LogP contribution in [0.2, 0.25) is 5.02 Å².